The summed E-state index contributed by atoms with van der Waals surface area (Å²) in [6, 6.07) is 26.0. The monoisotopic (exact) mass is 477 g/mol. The second kappa shape index (κ2) is 7.30. The van der Waals surface area contributed by atoms with Gasteiger partial charge in [0.05, 0.1) is 12.4 Å². The van der Waals surface area contributed by atoms with Crippen molar-refractivity contribution in [1.82, 2.24) is 4.90 Å². The molecular formula is C31H31N3O2. The number of likely N-dealkylation sites (tertiary alicyclic amines) is 1. The van der Waals surface area contributed by atoms with Gasteiger partial charge < -0.3 is 24.5 Å². The van der Waals surface area contributed by atoms with Crippen LogP contribution in [-0.4, -0.2) is 49.0 Å². The average molecular weight is 478 g/mol. The first kappa shape index (κ1) is 20.7. The van der Waals surface area contributed by atoms with Crippen molar-refractivity contribution in [3.8, 4) is 11.5 Å². The first-order valence-electron chi connectivity index (χ1n) is 13.2. The van der Waals surface area contributed by atoms with Crippen LogP contribution in [0.4, 0.5) is 11.4 Å². The molecule has 0 saturated carbocycles. The molecule has 0 radical (unpaired) electrons. The smallest absolute Gasteiger partial charge is 0.166 e. The maximum atomic E-state index is 11.0. The molecular weight excluding hydrogens is 446 g/mol. The summed E-state index contributed by atoms with van der Waals surface area (Å²) < 4.78 is 6.92. The Morgan fingerprint density at radius 2 is 1.67 bits per heavy atom. The Morgan fingerprint density at radius 3 is 2.44 bits per heavy atom. The van der Waals surface area contributed by atoms with E-state index in [4.69, 9.17) is 4.74 Å². The van der Waals surface area contributed by atoms with E-state index in [2.05, 4.69) is 88.5 Å². The van der Waals surface area contributed by atoms with E-state index in [0.29, 0.717) is 17.7 Å². The van der Waals surface area contributed by atoms with Gasteiger partial charge in [-0.1, -0.05) is 42.5 Å². The van der Waals surface area contributed by atoms with E-state index in [9.17, 15) is 5.11 Å². The largest absolute Gasteiger partial charge is 0.504 e. The third kappa shape index (κ3) is 2.59. The molecule has 182 valence electrons. The minimum Gasteiger partial charge on any atom is -0.504 e. The minimum atomic E-state index is -0.0698. The van der Waals surface area contributed by atoms with Crippen LogP contribution in [0.25, 0.3) is 0 Å². The van der Waals surface area contributed by atoms with Crippen molar-refractivity contribution in [2.75, 3.05) is 36.6 Å². The van der Waals surface area contributed by atoms with Crippen molar-refractivity contribution >= 4 is 11.4 Å². The molecule has 5 heteroatoms. The Morgan fingerprint density at radius 1 is 0.917 bits per heavy atom. The molecule has 5 nitrogen and oxygen atoms in total. The van der Waals surface area contributed by atoms with Crippen LogP contribution in [0.5, 0.6) is 11.5 Å². The fraction of sp³-hybridized carbons (Fsp3) is 0.355. The number of nitrogens with zero attached hydrogens (tertiary/aromatic N) is 3. The summed E-state index contributed by atoms with van der Waals surface area (Å²) in [4.78, 5) is 7.57. The Kier molecular flexibility index (Phi) is 4.20. The number of anilines is 2. The molecule has 3 heterocycles. The molecule has 3 aromatic carbocycles. The topological polar surface area (TPSA) is 39.2 Å². The summed E-state index contributed by atoms with van der Waals surface area (Å²) in [6.45, 7) is 2.77. The van der Waals surface area contributed by atoms with Gasteiger partial charge in [-0.15, -0.1) is 0 Å². The van der Waals surface area contributed by atoms with Crippen molar-refractivity contribution in [3.05, 3.63) is 95.2 Å². The zero-order valence-electron chi connectivity index (χ0n) is 20.6. The molecule has 1 fully saturated rings. The lowest BCUT2D eigenvalue weighted by atomic mass is 9.51. The fourth-order valence-corrected chi connectivity index (χ4v) is 8.11. The molecule has 1 saturated heterocycles. The number of benzene rings is 3. The van der Waals surface area contributed by atoms with Crippen molar-refractivity contribution in [3.63, 3.8) is 0 Å². The number of aromatic hydroxyl groups is 1. The first-order valence-corrected chi connectivity index (χ1v) is 13.2. The minimum absolute atomic E-state index is 0.0667. The molecule has 1 spiro atoms. The standard InChI is InChI=1S/C31H31N3O2/c1-32-15-14-31-24-16-21-18-33(22-8-4-2-5-9-22)19-34(23-10-6-3-7-11-23)28(21)30(31)36-29-26(35)13-12-20(27(29)31)17-25(24)32/h2-13,24-25,30,35H,14-19H2,1H3/t24-,25+,30?,31-/m0/s1. The fourth-order valence-electron chi connectivity index (χ4n) is 8.11. The van der Waals surface area contributed by atoms with E-state index in [1.807, 2.05) is 6.07 Å². The Labute approximate surface area is 212 Å². The molecule has 2 bridgehead atoms. The summed E-state index contributed by atoms with van der Waals surface area (Å²) in [5.74, 6) is 1.53. The quantitative estimate of drug-likeness (QED) is 0.568. The molecule has 8 rings (SSSR count). The summed E-state index contributed by atoms with van der Waals surface area (Å²) in [6.07, 6.45) is 3.11. The highest BCUT2D eigenvalue weighted by atomic mass is 16.5. The van der Waals surface area contributed by atoms with Crippen molar-refractivity contribution < 1.29 is 9.84 Å². The van der Waals surface area contributed by atoms with Crippen molar-refractivity contribution in [2.24, 2.45) is 5.92 Å². The van der Waals surface area contributed by atoms with Crippen LogP contribution in [0.15, 0.2) is 84.1 Å². The van der Waals surface area contributed by atoms with Crippen molar-refractivity contribution in [2.45, 2.75) is 36.8 Å². The molecule has 2 aliphatic carbocycles. The van der Waals surface area contributed by atoms with Gasteiger partial charge in [0, 0.05) is 34.9 Å². The first-order chi connectivity index (χ1) is 17.6. The van der Waals surface area contributed by atoms with Gasteiger partial charge >= 0.3 is 0 Å². The number of hydrogen-bond acceptors (Lipinski definition) is 5. The van der Waals surface area contributed by atoms with E-state index >= 15 is 0 Å². The summed E-state index contributed by atoms with van der Waals surface area (Å²) >= 11 is 0. The zero-order chi connectivity index (χ0) is 24.0. The lowest BCUT2D eigenvalue weighted by Gasteiger charge is -2.60. The zero-order valence-corrected chi connectivity index (χ0v) is 20.6. The molecule has 5 aliphatic rings. The Balaban J connectivity index is 1.35. The third-order valence-corrected chi connectivity index (χ3v) is 9.64. The molecule has 1 unspecified atom stereocenters. The highest BCUT2D eigenvalue weighted by molar-refractivity contribution is 5.68. The van der Waals surface area contributed by atoms with Gasteiger partial charge in [0.15, 0.2) is 11.5 Å². The van der Waals surface area contributed by atoms with E-state index in [0.717, 1.165) is 44.8 Å². The van der Waals surface area contributed by atoms with E-state index < -0.39 is 0 Å². The van der Waals surface area contributed by atoms with Crippen LogP contribution in [-0.2, 0) is 11.8 Å². The van der Waals surface area contributed by atoms with Crippen LogP contribution < -0.4 is 14.5 Å². The number of ether oxygens (including phenoxy) is 1. The number of fused-ring (bicyclic) bond motifs is 1. The van der Waals surface area contributed by atoms with E-state index in [-0.39, 0.29) is 11.5 Å². The maximum absolute atomic E-state index is 11.0. The Bertz CT molecular complexity index is 1390. The number of para-hydroxylation sites is 2. The summed E-state index contributed by atoms with van der Waals surface area (Å²) in [5, 5.41) is 11.0. The number of hydrogen-bond donors (Lipinski definition) is 1. The lowest BCUT2D eigenvalue weighted by molar-refractivity contribution is -0.0126. The number of phenolic OH excluding ortho intramolecular Hbond substituents is 1. The van der Waals surface area contributed by atoms with Crippen molar-refractivity contribution in [1.29, 1.82) is 0 Å². The molecule has 36 heavy (non-hydrogen) atoms. The number of likely N-dealkylation sites (N-methyl/N-ethyl adjacent to an activating group) is 1. The Hall–Kier alpha value is -3.44. The highest BCUT2D eigenvalue weighted by Gasteiger charge is 2.66. The van der Waals surface area contributed by atoms with E-state index in [1.54, 1.807) is 0 Å². The van der Waals surface area contributed by atoms with Crippen LogP contribution in [0, 0.1) is 5.92 Å². The predicted octanol–water partition coefficient (Wildman–Crippen LogP) is 4.91. The third-order valence-electron chi connectivity index (χ3n) is 9.64. The molecule has 4 atom stereocenters. The second-order valence-corrected chi connectivity index (χ2v) is 11.2. The average Bonchev–Trinajstić information content (AvgIpc) is 3.27. The van der Waals surface area contributed by atoms with Gasteiger partial charge in [0.2, 0.25) is 0 Å². The normalized spacial score (nSPS) is 30.1. The summed E-state index contributed by atoms with van der Waals surface area (Å²) in [5.41, 5.74) is 7.88. The van der Waals surface area contributed by atoms with Crippen LogP contribution in [0.2, 0.25) is 0 Å². The maximum Gasteiger partial charge on any atom is 0.166 e. The lowest BCUT2D eigenvalue weighted by Crippen LogP contribution is -2.66. The number of phenols is 1. The van der Waals surface area contributed by atoms with Crippen LogP contribution >= 0.6 is 0 Å². The molecule has 0 aromatic heterocycles. The van der Waals surface area contributed by atoms with Crippen LogP contribution in [0.3, 0.4) is 0 Å². The van der Waals surface area contributed by atoms with Crippen LogP contribution in [0.1, 0.15) is 24.0 Å². The SMILES string of the molecule is CN1CC[C@]23c4c5ccc(O)c4OC2C2=C(C[C@H]3[C@H]1C5)CN(c1ccccc1)CN2c1ccccc1. The van der Waals surface area contributed by atoms with Gasteiger partial charge in [-0.2, -0.15) is 0 Å². The molecule has 1 N–H and O–H groups in total. The highest BCUT2D eigenvalue weighted by Crippen LogP contribution is 2.65. The van der Waals surface area contributed by atoms with Gasteiger partial charge in [0.25, 0.3) is 0 Å². The number of rotatable bonds is 2. The molecule has 3 aliphatic heterocycles. The van der Waals surface area contributed by atoms with E-state index in [1.165, 1.54) is 33.8 Å². The van der Waals surface area contributed by atoms with Gasteiger partial charge in [-0.05, 0) is 80.2 Å². The second-order valence-electron chi connectivity index (χ2n) is 11.2. The predicted molar refractivity (Wildman–Crippen MR) is 142 cm³/mol. The van der Waals surface area contributed by atoms with Gasteiger partial charge in [-0.3, -0.25) is 0 Å². The van der Waals surface area contributed by atoms with Gasteiger partial charge in [0.1, 0.15) is 6.10 Å². The number of piperidine rings is 1. The molecule has 0 amide bonds. The summed E-state index contributed by atoms with van der Waals surface area (Å²) in [7, 11) is 2.30. The van der Waals surface area contributed by atoms with Gasteiger partial charge in [-0.25, -0.2) is 0 Å². The molecule has 3 aromatic rings.